The molecule has 0 aromatic heterocycles. The third-order valence-electron chi connectivity index (χ3n) is 3.89. The van der Waals surface area contributed by atoms with Gasteiger partial charge in [0.25, 0.3) is 0 Å². The summed E-state index contributed by atoms with van der Waals surface area (Å²) < 4.78 is 24.5. The second-order valence-electron chi connectivity index (χ2n) is 5.93. The third kappa shape index (κ3) is 8.23. The summed E-state index contributed by atoms with van der Waals surface area (Å²) in [5, 5.41) is 6.56. The van der Waals surface area contributed by atoms with Crippen LogP contribution in [0.4, 0.5) is 5.69 Å². The lowest BCUT2D eigenvalue weighted by Gasteiger charge is -2.35. The molecule has 3 N–H and O–H groups in total. The molecule has 2 rings (SSSR count). The number of hydrogen-bond acceptors (Lipinski definition) is 4. The van der Waals surface area contributed by atoms with Crippen molar-refractivity contribution in [3.8, 4) is 0 Å². The number of hydrogen-bond donors (Lipinski definition) is 3. The van der Waals surface area contributed by atoms with Gasteiger partial charge in [-0.25, -0.2) is 13.1 Å². The van der Waals surface area contributed by atoms with Gasteiger partial charge in [0.2, 0.25) is 10.0 Å². The van der Waals surface area contributed by atoms with E-state index < -0.39 is 10.0 Å². The Morgan fingerprint density at radius 2 is 2.00 bits per heavy atom. The van der Waals surface area contributed by atoms with Crippen LogP contribution in [-0.4, -0.2) is 59.9 Å². The van der Waals surface area contributed by atoms with Crippen molar-refractivity contribution in [2.45, 2.75) is 18.9 Å². The number of rotatable bonds is 6. The smallest absolute Gasteiger partial charge is 0.208 e. The van der Waals surface area contributed by atoms with Gasteiger partial charge in [-0.2, -0.15) is 0 Å². The lowest BCUT2D eigenvalue weighted by molar-refractivity contribution is 0.468. The average molecular weight is 481 g/mol. The zero-order valence-corrected chi connectivity index (χ0v) is 17.9. The number of benzene rings is 1. The van der Waals surface area contributed by atoms with Gasteiger partial charge in [-0.1, -0.05) is 18.2 Å². The Balaban J connectivity index is 0.00000312. The molecule has 7 nitrogen and oxygen atoms in total. The van der Waals surface area contributed by atoms with Crippen LogP contribution in [0.5, 0.6) is 0 Å². The fourth-order valence-corrected chi connectivity index (χ4v) is 3.25. The second kappa shape index (κ2) is 10.8. The molecule has 0 bridgehead atoms. The minimum Gasteiger partial charge on any atom is -0.369 e. The van der Waals surface area contributed by atoms with E-state index >= 15 is 0 Å². The van der Waals surface area contributed by atoms with Crippen molar-refractivity contribution in [2.24, 2.45) is 4.99 Å². The average Bonchev–Trinajstić information content (AvgIpc) is 2.58. The third-order valence-corrected chi connectivity index (χ3v) is 4.62. The van der Waals surface area contributed by atoms with Crippen molar-refractivity contribution < 1.29 is 8.42 Å². The summed E-state index contributed by atoms with van der Waals surface area (Å²) in [4.78, 5) is 6.59. The highest BCUT2D eigenvalue weighted by molar-refractivity contribution is 14.0. The van der Waals surface area contributed by atoms with Gasteiger partial charge < -0.3 is 15.5 Å². The predicted octanol–water partition coefficient (Wildman–Crippen LogP) is 0.988. The van der Waals surface area contributed by atoms with Crippen molar-refractivity contribution in [3.05, 3.63) is 30.3 Å². The van der Waals surface area contributed by atoms with Gasteiger partial charge in [-0.15, -0.1) is 24.0 Å². The lowest BCUT2D eigenvalue weighted by Crippen LogP contribution is -2.52. The SMILES string of the molecule is CN=C(NCCNS(C)(=O)=O)NC1CCCN(c2ccccc2)C1.I. The summed E-state index contributed by atoms with van der Waals surface area (Å²) in [7, 11) is -1.43. The Labute approximate surface area is 167 Å². The highest BCUT2D eigenvalue weighted by Crippen LogP contribution is 2.19. The van der Waals surface area contributed by atoms with Crippen molar-refractivity contribution >= 4 is 45.6 Å². The summed E-state index contributed by atoms with van der Waals surface area (Å²) in [6.07, 6.45) is 3.37. The molecular formula is C16H28IN5O2S. The molecule has 1 aliphatic heterocycles. The van der Waals surface area contributed by atoms with Gasteiger partial charge >= 0.3 is 0 Å². The summed E-state index contributed by atoms with van der Waals surface area (Å²) in [6, 6.07) is 10.7. The van der Waals surface area contributed by atoms with E-state index in [2.05, 4.69) is 49.5 Å². The molecule has 0 amide bonds. The molecule has 1 heterocycles. The highest BCUT2D eigenvalue weighted by atomic mass is 127. The number of nitrogens with one attached hydrogen (secondary N) is 3. The molecule has 1 aromatic carbocycles. The van der Waals surface area contributed by atoms with Crippen LogP contribution in [0.15, 0.2) is 35.3 Å². The topological polar surface area (TPSA) is 85.8 Å². The fourth-order valence-electron chi connectivity index (χ4n) is 2.77. The standard InChI is InChI=1S/C16H27N5O2S.HI/c1-17-16(18-10-11-19-24(2,22)23)20-14-7-6-12-21(13-14)15-8-4-3-5-9-15;/h3-5,8-9,14,19H,6-7,10-13H2,1-2H3,(H2,17,18,20);1H. The second-order valence-corrected chi connectivity index (χ2v) is 7.76. The van der Waals surface area contributed by atoms with Crippen LogP contribution in [-0.2, 0) is 10.0 Å². The fraction of sp³-hybridized carbons (Fsp3) is 0.562. The van der Waals surface area contributed by atoms with Crippen molar-refractivity contribution in [2.75, 3.05) is 44.4 Å². The first-order chi connectivity index (χ1) is 11.5. The molecule has 142 valence electrons. The number of sulfonamides is 1. The number of para-hydroxylation sites is 1. The maximum atomic E-state index is 11.0. The summed E-state index contributed by atoms with van der Waals surface area (Å²) in [5.74, 6) is 0.699. The Bertz CT molecular complexity index is 639. The minimum absolute atomic E-state index is 0. The lowest BCUT2D eigenvalue weighted by atomic mass is 10.1. The van der Waals surface area contributed by atoms with Crippen molar-refractivity contribution in [3.63, 3.8) is 0 Å². The molecule has 0 spiro atoms. The Hall–Kier alpha value is -1.07. The van der Waals surface area contributed by atoms with Crippen LogP contribution < -0.4 is 20.3 Å². The van der Waals surface area contributed by atoms with Gasteiger partial charge in [-0.3, -0.25) is 4.99 Å². The van der Waals surface area contributed by atoms with Crippen LogP contribution in [0.3, 0.4) is 0 Å². The number of piperidine rings is 1. The maximum Gasteiger partial charge on any atom is 0.208 e. The first-order valence-electron chi connectivity index (χ1n) is 8.20. The van der Waals surface area contributed by atoms with Gasteiger partial charge in [0.15, 0.2) is 5.96 Å². The van der Waals surface area contributed by atoms with E-state index in [1.807, 2.05) is 6.07 Å². The summed E-state index contributed by atoms with van der Waals surface area (Å²) >= 11 is 0. The Kier molecular flexibility index (Phi) is 9.51. The van der Waals surface area contributed by atoms with E-state index in [4.69, 9.17) is 0 Å². The van der Waals surface area contributed by atoms with Crippen LogP contribution in [0, 0.1) is 0 Å². The number of halogens is 1. The molecule has 1 unspecified atom stereocenters. The molecule has 1 aliphatic rings. The molecule has 25 heavy (non-hydrogen) atoms. The molecule has 9 heteroatoms. The number of guanidine groups is 1. The minimum atomic E-state index is -3.15. The van der Waals surface area contributed by atoms with E-state index in [0.29, 0.717) is 25.1 Å². The molecule has 1 saturated heterocycles. The molecule has 1 atom stereocenters. The molecule has 0 saturated carbocycles. The number of aliphatic imine (C=N–C) groups is 1. The predicted molar refractivity (Wildman–Crippen MR) is 114 cm³/mol. The highest BCUT2D eigenvalue weighted by Gasteiger charge is 2.20. The molecule has 1 fully saturated rings. The molecular weight excluding hydrogens is 453 g/mol. The summed E-state index contributed by atoms with van der Waals surface area (Å²) in [5.41, 5.74) is 1.24. The number of anilines is 1. The van der Waals surface area contributed by atoms with Gasteiger partial charge in [0.05, 0.1) is 6.26 Å². The van der Waals surface area contributed by atoms with Crippen LogP contribution in [0.25, 0.3) is 0 Å². The molecule has 0 aliphatic carbocycles. The monoisotopic (exact) mass is 481 g/mol. The number of nitrogens with zero attached hydrogens (tertiary/aromatic N) is 2. The van der Waals surface area contributed by atoms with Gasteiger partial charge in [0.1, 0.15) is 0 Å². The first kappa shape index (κ1) is 22.0. The van der Waals surface area contributed by atoms with Gasteiger partial charge in [-0.05, 0) is 25.0 Å². The van der Waals surface area contributed by atoms with E-state index in [-0.39, 0.29) is 24.0 Å². The summed E-state index contributed by atoms with van der Waals surface area (Å²) in [6.45, 7) is 2.81. The van der Waals surface area contributed by atoms with Crippen molar-refractivity contribution in [1.29, 1.82) is 0 Å². The zero-order chi connectivity index (χ0) is 17.4. The van der Waals surface area contributed by atoms with E-state index in [9.17, 15) is 8.42 Å². The maximum absolute atomic E-state index is 11.0. The van der Waals surface area contributed by atoms with Crippen LogP contribution in [0.2, 0.25) is 0 Å². The molecule has 1 aromatic rings. The first-order valence-corrected chi connectivity index (χ1v) is 10.1. The quantitative estimate of drug-likeness (QED) is 0.244. The zero-order valence-electron chi connectivity index (χ0n) is 14.7. The van der Waals surface area contributed by atoms with E-state index in [0.717, 1.165) is 32.2 Å². The largest absolute Gasteiger partial charge is 0.369 e. The van der Waals surface area contributed by atoms with Crippen molar-refractivity contribution in [1.82, 2.24) is 15.4 Å². The van der Waals surface area contributed by atoms with Gasteiger partial charge in [0, 0.05) is 45.0 Å². The Morgan fingerprint density at radius 3 is 2.64 bits per heavy atom. The van der Waals surface area contributed by atoms with E-state index in [1.165, 1.54) is 5.69 Å². The Morgan fingerprint density at radius 1 is 1.28 bits per heavy atom. The van der Waals surface area contributed by atoms with E-state index in [1.54, 1.807) is 7.05 Å². The van der Waals surface area contributed by atoms with Crippen LogP contribution >= 0.6 is 24.0 Å². The van der Waals surface area contributed by atoms with Crippen LogP contribution in [0.1, 0.15) is 12.8 Å². The normalized spacial score (nSPS) is 18.4. The molecule has 0 radical (unpaired) electrons.